The largest absolute Gasteiger partial charge is 0.395 e. The third-order valence-electron chi connectivity index (χ3n) is 3.94. The first-order valence-corrected chi connectivity index (χ1v) is 7.89. The molecule has 0 saturated carbocycles. The third kappa shape index (κ3) is 4.02. The highest BCUT2D eigenvalue weighted by molar-refractivity contribution is 6.31. The van der Waals surface area contributed by atoms with Crippen LogP contribution in [0.4, 0.5) is 0 Å². The monoisotopic (exact) mass is 340 g/mol. The van der Waals surface area contributed by atoms with Gasteiger partial charge in [-0.3, -0.25) is 9.59 Å². The van der Waals surface area contributed by atoms with Crippen molar-refractivity contribution >= 4 is 23.4 Å². The number of nitrogens with one attached hydrogen (secondary N) is 1. The number of hydrogen-bond donors (Lipinski definition) is 2. The van der Waals surface area contributed by atoms with Crippen LogP contribution in [0.2, 0.25) is 5.02 Å². The third-order valence-corrected chi connectivity index (χ3v) is 4.28. The lowest BCUT2D eigenvalue weighted by molar-refractivity contribution is -0.129. The van der Waals surface area contributed by atoms with E-state index in [0.717, 1.165) is 5.56 Å². The Hall–Kier alpha value is -1.63. The number of hydrogen-bond acceptors (Lipinski definition) is 4. The lowest BCUT2D eigenvalue weighted by Gasteiger charge is -2.28. The molecule has 2 N–H and O–H groups in total. The molecule has 1 fully saturated rings. The second-order valence-electron chi connectivity index (χ2n) is 5.37. The molecule has 1 heterocycles. The highest BCUT2D eigenvalue weighted by Gasteiger charge is 2.44. The van der Waals surface area contributed by atoms with Gasteiger partial charge in [0.05, 0.1) is 25.2 Å². The number of aliphatic hydroxyl groups excluding tert-OH is 1. The van der Waals surface area contributed by atoms with Crippen LogP contribution < -0.4 is 5.32 Å². The summed E-state index contributed by atoms with van der Waals surface area (Å²) in [5, 5.41) is 12.0. The minimum atomic E-state index is -0.536. The summed E-state index contributed by atoms with van der Waals surface area (Å²) < 4.78 is 5.07. The van der Waals surface area contributed by atoms with Gasteiger partial charge in [0.2, 0.25) is 11.8 Å². The summed E-state index contributed by atoms with van der Waals surface area (Å²) in [4.78, 5) is 26.4. The molecule has 1 aromatic rings. The maximum absolute atomic E-state index is 12.4. The van der Waals surface area contributed by atoms with Crippen molar-refractivity contribution in [2.24, 2.45) is 5.92 Å². The van der Waals surface area contributed by atoms with E-state index < -0.39 is 12.0 Å². The number of methoxy groups -OCH3 is 1. The topological polar surface area (TPSA) is 78.9 Å². The fourth-order valence-corrected chi connectivity index (χ4v) is 3.14. The molecule has 2 amide bonds. The zero-order valence-corrected chi connectivity index (χ0v) is 13.8. The van der Waals surface area contributed by atoms with Gasteiger partial charge in [-0.1, -0.05) is 29.8 Å². The van der Waals surface area contributed by atoms with Crippen LogP contribution in [0, 0.1) is 5.92 Å². The molecule has 0 spiro atoms. The van der Waals surface area contributed by atoms with Gasteiger partial charge in [0.25, 0.3) is 0 Å². The van der Waals surface area contributed by atoms with E-state index in [0.29, 0.717) is 18.2 Å². The standard InChI is InChI=1S/C16H21ClN2O4/c1-23-9-7-19-14(21)10-12(16(22)18-6-8-20)15(19)11-4-2-3-5-13(11)17/h2-5,12,15,20H,6-10H2,1H3,(H,18,22)/t12-,15+/m1/s1. The van der Waals surface area contributed by atoms with Crippen LogP contribution in [-0.4, -0.2) is 55.2 Å². The molecule has 0 unspecified atom stereocenters. The molecule has 1 aliphatic rings. The zero-order valence-electron chi connectivity index (χ0n) is 13.0. The Kier molecular flexibility index (Phi) is 6.38. The minimum absolute atomic E-state index is 0.101. The molecule has 0 bridgehead atoms. The van der Waals surface area contributed by atoms with Gasteiger partial charge in [-0.25, -0.2) is 0 Å². The van der Waals surface area contributed by atoms with Crippen molar-refractivity contribution in [2.45, 2.75) is 12.5 Å². The van der Waals surface area contributed by atoms with Crippen LogP contribution in [0.5, 0.6) is 0 Å². The van der Waals surface area contributed by atoms with Crippen LogP contribution in [-0.2, 0) is 14.3 Å². The number of carbonyl (C=O) groups is 2. The van der Waals surface area contributed by atoms with Crippen LogP contribution >= 0.6 is 11.6 Å². The highest BCUT2D eigenvalue weighted by Crippen LogP contribution is 2.40. The quantitative estimate of drug-likeness (QED) is 0.775. The molecule has 2 atom stereocenters. The summed E-state index contributed by atoms with van der Waals surface area (Å²) in [6.45, 7) is 0.806. The summed E-state index contributed by atoms with van der Waals surface area (Å²) in [5.41, 5.74) is 0.750. The van der Waals surface area contributed by atoms with E-state index in [9.17, 15) is 9.59 Å². The molecule has 6 nitrogen and oxygen atoms in total. The number of ether oxygens (including phenoxy) is 1. The van der Waals surface area contributed by atoms with Crippen molar-refractivity contribution in [1.29, 1.82) is 0 Å². The van der Waals surface area contributed by atoms with Crippen molar-refractivity contribution in [3.05, 3.63) is 34.9 Å². The van der Waals surface area contributed by atoms with Crippen LogP contribution in [0.15, 0.2) is 24.3 Å². The average molecular weight is 341 g/mol. The van der Waals surface area contributed by atoms with Crippen LogP contribution in [0.3, 0.4) is 0 Å². The first kappa shape index (κ1) is 17.7. The van der Waals surface area contributed by atoms with Crippen molar-refractivity contribution < 1.29 is 19.4 Å². The van der Waals surface area contributed by atoms with Crippen molar-refractivity contribution in [2.75, 3.05) is 33.4 Å². The smallest absolute Gasteiger partial charge is 0.226 e. The SMILES string of the molecule is COCCN1C(=O)C[C@@H](C(=O)NCCO)[C@@H]1c1ccccc1Cl. The van der Waals surface area contributed by atoms with Gasteiger partial charge in [0, 0.05) is 31.6 Å². The maximum atomic E-state index is 12.4. The molecule has 1 saturated heterocycles. The molecule has 7 heteroatoms. The Morgan fingerprint density at radius 2 is 2.22 bits per heavy atom. The zero-order chi connectivity index (χ0) is 16.8. The maximum Gasteiger partial charge on any atom is 0.226 e. The van der Waals surface area contributed by atoms with Crippen LogP contribution in [0.25, 0.3) is 0 Å². The van der Waals surface area contributed by atoms with Crippen molar-refractivity contribution in [3.63, 3.8) is 0 Å². The summed E-state index contributed by atoms with van der Waals surface area (Å²) in [6, 6.07) is 6.80. The molecule has 0 radical (unpaired) electrons. The molecule has 0 aliphatic carbocycles. The van der Waals surface area contributed by atoms with E-state index in [1.54, 1.807) is 18.1 Å². The Bertz CT molecular complexity index is 567. The van der Waals surface area contributed by atoms with Gasteiger partial charge in [0.1, 0.15) is 0 Å². The van der Waals surface area contributed by atoms with Gasteiger partial charge in [-0.15, -0.1) is 0 Å². The molecule has 1 aliphatic heterocycles. The lowest BCUT2D eigenvalue weighted by Crippen LogP contribution is -2.37. The highest BCUT2D eigenvalue weighted by atomic mass is 35.5. The second-order valence-corrected chi connectivity index (χ2v) is 5.78. The normalized spacial score (nSPS) is 20.8. The summed E-state index contributed by atoms with van der Waals surface area (Å²) >= 11 is 6.28. The van der Waals surface area contributed by atoms with E-state index in [1.807, 2.05) is 18.2 Å². The van der Waals surface area contributed by atoms with E-state index in [1.165, 1.54) is 0 Å². The Morgan fingerprint density at radius 3 is 2.87 bits per heavy atom. The molecule has 23 heavy (non-hydrogen) atoms. The van der Waals surface area contributed by atoms with E-state index >= 15 is 0 Å². The first-order chi connectivity index (χ1) is 11.1. The number of aliphatic hydroxyl groups is 1. The number of rotatable bonds is 7. The lowest BCUT2D eigenvalue weighted by atomic mass is 9.92. The first-order valence-electron chi connectivity index (χ1n) is 7.51. The Balaban J connectivity index is 2.32. The molecule has 1 aromatic carbocycles. The van der Waals surface area contributed by atoms with E-state index in [-0.39, 0.29) is 31.4 Å². The van der Waals surface area contributed by atoms with Crippen molar-refractivity contribution in [1.82, 2.24) is 10.2 Å². The predicted molar refractivity (Wildman–Crippen MR) is 86.0 cm³/mol. The number of amides is 2. The number of halogens is 1. The molecule has 2 rings (SSSR count). The predicted octanol–water partition coefficient (Wildman–Crippen LogP) is 0.985. The molecular weight excluding hydrogens is 320 g/mol. The van der Waals surface area contributed by atoms with E-state index in [2.05, 4.69) is 5.32 Å². The molecular formula is C16H21ClN2O4. The number of likely N-dealkylation sites (tertiary alicyclic amines) is 1. The summed E-state index contributed by atoms with van der Waals surface area (Å²) in [5.74, 6) is -0.890. The second kappa shape index (κ2) is 8.29. The Labute approximate surface area is 140 Å². The van der Waals surface area contributed by atoms with Gasteiger partial charge in [-0.05, 0) is 11.6 Å². The molecule has 0 aromatic heterocycles. The number of benzene rings is 1. The van der Waals surface area contributed by atoms with Crippen molar-refractivity contribution in [3.8, 4) is 0 Å². The fourth-order valence-electron chi connectivity index (χ4n) is 2.89. The number of nitrogens with zero attached hydrogens (tertiary/aromatic N) is 1. The Morgan fingerprint density at radius 1 is 1.48 bits per heavy atom. The van der Waals surface area contributed by atoms with Gasteiger partial charge in [-0.2, -0.15) is 0 Å². The average Bonchev–Trinajstić information content (AvgIpc) is 2.87. The summed E-state index contributed by atoms with van der Waals surface area (Å²) in [6.07, 6.45) is 0.122. The van der Waals surface area contributed by atoms with Gasteiger partial charge < -0.3 is 20.1 Å². The fraction of sp³-hybridized carbons (Fsp3) is 0.500. The van der Waals surface area contributed by atoms with Gasteiger partial charge in [0.15, 0.2) is 0 Å². The van der Waals surface area contributed by atoms with Crippen LogP contribution in [0.1, 0.15) is 18.0 Å². The summed E-state index contributed by atoms with van der Waals surface area (Å²) in [7, 11) is 1.57. The number of carbonyl (C=O) groups excluding carboxylic acids is 2. The molecule has 126 valence electrons. The van der Waals surface area contributed by atoms with E-state index in [4.69, 9.17) is 21.4 Å². The van der Waals surface area contributed by atoms with Gasteiger partial charge >= 0.3 is 0 Å². The minimum Gasteiger partial charge on any atom is -0.395 e.